The van der Waals surface area contributed by atoms with Gasteiger partial charge in [-0.15, -0.1) is 0 Å². The molecule has 33 heavy (non-hydrogen) atoms. The Morgan fingerprint density at radius 3 is 2.67 bits per heavy atom. The van der Waals surface area contributed by atoms with Crippen molar-refractivity contribution in [3.8, 4) is 0 Å². The third kappa shape index (κ3) is 6.01. The van der Waals surface area contributed by atoms with E-state index in [1.807, 2.05) is 29.2 Å². The molecule has 2 atom stereocenters. The van der Waals surface area contributed by atoms with Gasteiger partial charge in [-0.3, -0.25) is 4.99 Å². The molecule has 0 saturated carbocycles. The number of aliphatic hydroxyl groups is 1. The average Bonchev–Trinajstić information content (AvgIpc) is 3.06. The van der Waals surface area contributed by atoms with Crippen LogP contribution in [0.4, 0.5) is 8.78 Å². The lowest BCUT2D eigenvalue weighted by Gasteiger charge is -2.30. The number of nitrogens with zero attached hydrogens (tertiary/aromatic N) is 1. The SMILES string of the molecule is CC.COC1=CCC=C(CC2=CNC(CO)=NC2)C(F)=C1C1=CC=C2CC(=C1)OC(F)(P)O2. The van der Waals surface area contributed by atoms with E-state index in [-0.39, 0.29) is 18.6 Å². The molecule has 4 rings (SSSR count). The molecule has 2 N–H and O–H groups in total. The van der Waals surface area contributed by atoms with E-state index in [2.05, 4.69) is 10.3 Å². The maximum absolute atomic E-state index is 15.8. The smallest absolute Gasteiger partial charge is 0.417 e. The van der Waals surface area contributed by atoms with Gasteiger partial charge in [0, 0.05) is 6.20 Å². The Morgan fingerprint density at radius 2 is 2.00 bits per heavy atom. The second-order valence-corrected chi connectivity index (χ2v) is 7.99. The fraction of sp³-hybridized carbons (Fsp3) is 0.375. The quantitative estimate of drug-likeness (QED) is 0.547. The Balaban J connectivity index is 0.00000149. The van der Waals surface area contributed by atoms with Crippen LogP contribution in [0.2, 0.25) is 0 Å². The summed E-state index contributed by atoms with van der Waals surface area (Å²) in [5, 5.41) is 12.1. The van der Waals surface area contributed by atoms with Gasteiger partial charge in [0.15, 0.2) is 0 Å². The molecule has 2 bridgehead atoms. The zero-order valence-electron chi connectivity index (χ0n) is 19.0. The minimum absolute atomic E-state index is 0.174. The molecular weight excluding hydrogens is 449 g/mol. The summed E-state index contributed by atoms with van der Waals surface area (Å²) in [6.07, 6.45) is 11.3. The van der Waals surface area contributed by atoms with Gasteiger partial charge < -0.3 is 24.6 Å². The fourth-order valence-corrected chi connectivity index (χ4v) is 3.95. The number of methoxy groups -OCH3 is 1. The predicted molar refractivity (Wildman–Crippen MR) is 127 cm³/mol. The van der Waals surface area contributed by atoms with Crippen molar-refractivity contribution in [2.75, 3.05) is 20.3 Å². The summed E-state index contributed by atoms with van der Waals surface area (Å²) >= 11 is 0. The largest absolute Gasteiger partial charge is 0.496 e. The van der Waals surface area contributed by atoms with Crippen molar-refractivity contribution < 1.29 is 28.1 Å². The maximum atomic E-state index is 15.8. The first-order chi connectivity index (χ1) is 15.9. The molecule has 6 nitrogen and oxygen atoms in total. The van der Waals surface area contributed by atoms with Crippen molar-refractivity contribution >= 4 is 15.1 Å². The average molecular weight is 478 g/mol. The zero-order valence-corrected chi connectivity index (χ0v) is 20.1. The molecule has 178 valence electrons. The Kier molecular flexibility index (Phi) is 8.27. The normalized spacial score (nSPS) is 24.3. The van der Waals surface area contributed by atoms with Crippen LogP contribution >= 0.6 is 9.24 Å². The first-order valence-corrected chi connectivity index (χ1v) is 11.4. The number of halogens is 2. The van der Waals surface area contributed by atoms with Crippen LogP contribution in [-0.2, 0) is 14.2 Å². The highest BCUT2D eigenvalue weighted by atomic mass is 31.0. The predicted octanol–water partition coefficient (Wildman–Crippen LogP) is 4.97. The number of amidine groups is 1. The standard InChI is InChI=1S/C22H23F2N2O4P.C2H6/c1-28-18-4-2-3-15(7-13-10-25-19(12-27)26-11-13)21(23)20(18)14-5-6-16-9-17(8-14)30-22(24,31)29-16;1-2/h3-6,8,10,27H,2,7,9,11-12,31H2,1H3,(H,25,26);1-2H3. The van der Waals surface area contributed by atoms with Gasteiger partial charge in [-0.05, 0) is 57.0 Å². The number of allylic oxidation sites excluding steroid dienone is 8. The Labute approximate surface area is 195 Å². The van der Waals surface area contributed by atoms with E-state index >= 15 is 4.39 Å². The second-order valence-electron chi connectivity index (χ2n) is 7.30. The van der Waals surface area contributed by atoms with Gasteiger partial charge >= 0.3 is 5.78 Å². The lowest BCUT2D eigenvalue weighted by atomic mass is 9.96. The first-order valence-electron chi connectivity index (χ1n) is 10.8. The van der Waals surface area contributed by atoms with Crippen LogP contribution in [0.1, 0.15) is 33.1 Å². The van der Waals surface area contributed by atoms with Gasteiger partial charge in [0.05, 0.1) is 25.6 Å². The summed E-state index contributed by atoms with van der Waals surface area (Å²) in [6, 6.07) is 0. The Hall–Kier alpha value is -2.70. The minimum Gasteiger partial charge on any atom is -0.496 e. The zero-order chi connectivity index (χ0) is 24.0. The first kappa shape index (κ1) is 24.9. The molecule has 2 heterocycles. The molecule has 0 aromatic carbocycles. The highest BCUT2D eigenvalue weighted by molar-refractivity contribution is 7.17. The van der Waals surface area contributed by atoms with E-state index in [9.17, 15) is 4.39 Å². The van der Waals surface area contributed by atoms with Crippen LogP contribution in [0.3, 0.4) is 0 Å². The number of nitrogens with one attached hydrogen (secondary N) is 1. The van der Waals surface area contributed by atoms with Crippen molar-refractivity contribution in [2.24, 2.45) is 4.99 Å². The number of hydrogen-bond acceptors (Lipinski definition) is 6. The number of aliphatic hydroxyl groups excluding tert-OH is 1. The van der Waals surface area contributed by atoms with Gasteiger partial charge in [0.25, 0.3) is 0 Å². The second kappa shape index (κ2) is 10.9. The van der Waals surface area contributed by atoms with Gasteiger partial charge in [-0.25, -0.2) is 4.39 Å². The van der Waals surface area contributed by atoms with E-state index < -0.39 is 11.6 Å². The molecule has 1 saturated heterocycles. The van der Waals surface area contributed by atoms with Crippen LogP contribution in [-0.4, -0.2) is 37.0 Å². The van der Waals surface area contributed by atoms with Crippen LogP contribution in [0.25, 0.3) is 0 Å². The van der Waals surface area contributed by atoms with Crippen LogP contribution in [0.15, 0.2) is 87.0 Å². The fourth-order valence-electron chi connectivity index (χ4n) is 3.65. The van der Waals surface area contributed by atoms with Crippen molar-refractivity contribution in [1.82, 2.24) is 5.32 Å². The van der Waals surface area contributed by atoms with E-state index in [1.54, 1.807) is 30.5 Å². The molecular formula is C24H29F2N2O4P. The van der Waals surface area contributed by atoms with Crippen molar-refractivity contribution in [1.29, 1.82) is 0 Å². The maximum Gasteiger partial charge on any atom is 0.417 e. The van der Waals surface area contributed by atoms with Crippen molar-refractivity contribution in [3.05, 3.63) is 82.0 Å². The molecule has 2 aliphatic heterocycles. The van der Waals surface area contributed by atoms with Crippen LogP contribution in [0, 0.1) is 0 Å². The Morgan fingerprint density at radius 1 is 1.24 bits per heavy atom. The van der Waals surface area contributed by atoms with Crippen LogP contribution in [0.5, 0.6) is 0 Å². The van der Waals surface area contributed by atoms with E-state index in [0.717, 1.165) is 5.57 Å². The molecule has 0 radical (unpaired) electrons. The molecule has 4 aliphatic rings. The number of aliphatic imine (C=N–C) groups is 1. The summed E-state index contributed by atoms with van der Waals surface area (Å²) < 4.78 is 45.9. The molecule has 2 aliphatic carbocycles. The lowest BCUT2D eigenvalue weighted by molar-refractivity contribution is -0.227. The minimum atomic E-state index is -2.35. The summed E-state index contributed by atoms with van der Waals surface area (Å²) in [5.74, 6) is -1.21. The molecule has 0 aromatic rings. The van der Waals surface area contributed by atoms with Gasteiger partial charge in [-0.1, -0.05) is 26.0 Å². The monoisotopic (exact) mass is 478 g/mol. The number of hydrogen-bond donors (Lipinski definition) is 2. The topological polar surface area (TPSA) is 72.3 Å². The highest BCUT2D eigenvalue weighted by Crippen LogP contribution is 2.42. The number of rotatable bonds is 5. The number of ether oxygens (including phenoxy) is 3. The van der Waals surface area contributed by atoms with Crippen molar-refractivity contribution in [3.63, 3.8) is 0 Å². The molecule has 0 aromatic heterocycles. The molecule has 9 heteroatoms. The third-order valence-corrected chi connectivity index (χ3v) is 5.30. The summed E-state index contributed by atoms with van der Waals surface area (Å²) in [6.45, 7) is 4.21. The molecule has 2 unspecified atom stereocenters. The number of alkyl halides is 1. The van der Waals surface area contributed by atoms with E-state index in [1.165, 1.54) is 7.11 Å². The summed E-state index contributed by atoms with van der Waals surface area (Å²) in [7, 11) is 3.36. The molecule has 0 amide bonds. The molecule has 0 spiro atoms. The third-order valence-electron chi connectivity index (χ3n) is 5.06. The molecule has 1 fully saturated rings. The lowest BCUT2D eigenvalue weighted by Crippen LogP contribution is -2.27. The summed E-state index contributed by atoms with van der Waals surface area (Å²) in [4.78, 5) is 4.23. The Bertz CT molecular complexity index is 1030. The summed E-state index contributed by atoms with van der Waals surface area (Å²) in [5.41, 5.74) is 2.14. The van der Waals surface area contributed by atoms with Crippen molar-refractivity contribution in [2.45, 2.75) is 38.9 Å². The van der Waals surface area contributed by atoms with Gasteiger partial charge in [0.2, 0.25) is 0 Å². The van der Waals surface area contributed by atoms with Crippen LogP contribution < -0.4 is 5.32 Å². The number of fused-ring (bicyclic) bond motifs is 2. The highest BCUT2D eigenvalue weighted by Gasteiger charge is 2.36. The van der Waals surface area contributed by atoms with E-state index in [0.29, 0.717) is 53.6 Å². The van der Waals surface area contributed by atoms with Gasteiger partial charge in [0.1, 0.15) is 35.5 Å². The van der Waals surface area contributed by atoms with Gasteiger partial charge in [-0.2, -0.15) is 4.39 Å². The van der Waals surface area contributed by atoms with E-state index in [4.69, 9.17) is 19.3 Å².